The van der Waals surface area contributed by atoms with Gasteiger partial charge in [0.25, 0.3) is 0 Å². The maximum absolute atomic E-state index is 5.35. The Balaban J connectivity index is 4.27. The lowest BCUT2D eigenvalue weighted by molar-refractivity contribution is 0.266. The van der Waals surface area contributed by atoms with Gasteiger partial charge in [-0.25, -0.2) is 0 Å². The van der Waals surface area contributed by atoms with Gasteiger partial charge in [0.15, 0.2) is 0 Å². The van der Waals surface area contributed by atoms with Crippen molar-refractivity contribution in [1.82, 2.24) is 0 Å². The van der Waals surface area contributed by atoms with Crippen molar-refractivity contribution < 1.29 is 4.74 Å². The maximum atomic E-state index is 5.35. The minimum Gasteiger partial charge on any atom is -0.501 e. The van der Waals surface area contributed by atoms with Crippen LogP contribution in [0, 0.1) is 5.92 Å². The average molecular weight is 202 g/mol. The molecule has 13 heavy (non-hydrogen) atoms. The third kappa shape index (κ3) is 7.07. The highest BCUT2D eigenvalue weighted by Gasteiger charge is 2.15. The summed E-state index contributed by atoms with van der Waals surface area (Å²) in [6.07, 6.45) is 1.95. The van der Waals surface area contributed by atoms with Gasteiger partial charge in [0.1, 0.15) is 0 Å². The highest BCUT2D eigenvalue weighted by atomic mass is 31.1. The molecule has 0 aliphatic carbocycles. The molecule has 0 aromatic heterocycles. The average Bonchev–Trinajstić information content (AvgIpc) is 1.95. The van der Waals surface area contributed by atoms with Crippen molar-refractivity contribution in [3.05, 3.63) is 11.6 Å². The van der Waals surface area contributed by atoms with Crippen molar-refractivity contribution in [2.45, 2.75) is 46.7 Å². The first-order chi connectivity index (χ1) is 5.87. The van der Waals surface area contributed by atoms with Crippen molar-refractivity contribution in [3.63, 3.8) is 0 Å². The summed E-state index contributed by atoms with van der Waals surface area (Å²) < 4.78 is 5.35. The molecule has 0 N–H and O–H groups in total. The van der Waals surface area contributed by atoms with Crippen molar-refractivity contribution in [2.24, 2.45) is 5.92 Å². The summed E-state index contributed by atoms with van der Waals surface area (Å²) in [5.41, 5.74) is 0. The van der Waals surface area contributed by atoms with E-state index < -0.39 is 0 Å². The van der Waals surface area contributed by atoms with E-state index in [-0.39, 0.29) is 0 Å². The molecule has 0 bridgehead atoms. The SMILES string of the molecule is CCO/C=C(/PC(C)(C)C)C(C)C. The molecule has 0 aliphatic rings. The first kappa shape index (κ1) is 13.0. The minimum atomic E-state index is 0.382. The molecule has 0 amide bonds. The molecule has 0 rings (SSSR count). The topological polar surface area (TPSA) is 9.23 Å². The first-order valence-corrected chi connectivity index (χ1v) is 5.96. The zero-order chi connectivity index (χ0) is 10.5. The summed E-state index contributed by atoms with van der Waals surface area (Å²) in [6, 6.07) is 0. The summed E-state index contributed by atoms with van der Waals surface area (Å²) in [5, 5.41) is 1.82. The molecule has 0 fully saturated rings. The highest BCUT2D eigenvalue weighted by molar-refractivity contribution is 7.44. The Morgan fingerprint density at radius 3 is 2.23 bits per heavy atom. The lowest BCUT2D eigenvalue weighted by Gasteiger charge is -2.22. The van der Waals surface area contributed by atoms with Gasteiger partial charge in [-0.2, -0.15) is 0 Å². The smallest absolute Gasteiger partial charge is 0.0865 e. The second kappa shape index (κ2) is 5.65. The summed E-state index contributed by atoms with van der Waals surface area (Å²) in [4.78, 5) is 0. The quantitative estimate of drug-likeness (QED) is 0.494. The molecule has 0 radical (unpaired) electrons. The van der Waals surface area contributed by atoms with Gasteiger partial charge in [-0.05, 0) is 23.3 Å². The van der Waals surface area contributed by atoms with Crippen LogP contribution in [0.25, 0.3) is 0 Å². The number of hydrogen-bond donors (Lipinski definition) is 0. The van der Waals surface area contributed by atoms with Crippen LogP contribution in [0.15, 0.2) is 11.6 Å². The molecule has 1 atom stereocenters. The van der Waals surface area contributed by atoms with E-state index in [1.807, 2.05) is 13.2 Å². The largest absolute Gasteiger partial charge is 0.501 e. The van der Waals surface area contributed by atoms with E-state index in [1.165, 1.54) is 5.31 Å². The standard InChI is InChI=1S/C11H23OP/c1-7-12-8-10(9(2)3)13-11(4,5)6/h8-9,13H,7H2,1-6H3/b10-8+. The van der Waals surface area contributed by atoms with Crippen LogP contribution >= 0.6 is 8.58 Å². The maximum Gasteiger partial charge on any atom is 0.0865 e. The Morgan fingerprint density at radius 1 is 1.38 bits per heavy atom. The Kier molecular flexibility index (Phi) is 5.64. The molecule has 0 spiro atoms. The molecule has 0 saturated heterocycles. The number of hydrogen-bond acceptors (Lipinski definition) is 1. The van der Waals surface area contributed by atoms with Crippen molar-refractivity contribution in [2.75, 3.05) is 6.61 Å². The number of ether oxygens (including phenoxy) is 1. The second-order valence-electron chi connectivity index (χ2n) is 4.56. The van der Waals surface area contributed by atoms with Crippen LogP contribution in [0.2, 0.25) is 0 Å². The second-order valence-corrected chi connectivity index (χ2v) is 6.89. The zero-order valence-corrected chi connectivity index (χ0v) is 10.8. The van der Waals surface area contributed by atoms with E-state index in [0.29, 0.717) is 11.1 Å². The summed E-state index contributed by atoms with van der Waals surface area (Å²) in [7, 11) is 0.859. The fourth-order valence-electron chi connectivity index (χ4n) is 0.916. The molecule has 2 heteroatoms. The van der Waals surface area contributed by atoms with Crippen LogP contribution in [0.1, 0.15) is 41.5 Å². The Morgan fingerprint density at radius 2 is 1.92 bits per heavy atom. The van der Waals surface area contributed by atoms with Crippen molar-refractivity contribution in [1.29, 1.82) is 0 Å². The van der Waals surface area contributed by atoms with Crippen molar-refractivity contribution in [3.8, 4) is 0 Å². The normalized spacial score (nSPS) is 14.5. The van der Waals surface area contributed by atoms with Gasteiger partial charge >= 0.3 is 0 Å². The van der Waals surface area contributed by atoms with E-state index in [1.54, 1.807) is 0 Å². The van der Waals surface area contributed by atoms with E-state index in [4.69, 9.17) is 4.74 Å². The minimum absolute atomic E-state index is 0.382. The van der Waals surface area contributed by atoms with Crippen LogP contribution < -0.4 is 0 Å². The predicted octanol–water partition coefficient (Wildman–Crippen LogP) is 4.00. The Hall–Kier alpha value is -0.0300. The van der Waals surface area contributed by atoms with Crippen molar-refractivity contribution >= 4 is 8.58 Å². The summed E-state index contributed by atoms with van der Waals surface area (Å²) >= 11 is 0. The molecule has 1 unspecified atom stereocenters. The van der Waals surface area contributed by atoms with Gasteiger partial charge in [-0.3, -0.25) is 0 Å². The highest BCUT2D eigenvalue weighted by Crippen LogP contribution is 2.41. The molecule has 1 nitrogen and oxygen atoms in total. The fourth-order valence-corrected chi connectivity index (χ4v) is 2.21. The number of allylic oxidation sites excluding steroid dienone is 1. The Bertz CT molecular complexity index is 165. The zero-order valence-electron chi connectivity index (χ0n) is 9.77. The van der Waals surface area contributed by atoms with E-state index in [2.05, 4.69) is 34.6 Å². The first-order valence-electron chi connectivity index (χ1n) is 4.96. The summed E-state index contributed by atoms with van der Waals surface area (Å²) in [5.74, 6) is 0.601. The molecule has 78 valence electrons. The van der Waals surface area contributed by atoms with Gasteiger partial charge < -0.3 is 4.74 Å². The van der Waals surface area contributed by atoms with Crippen LogP contribution in [-0.4, -0.2) is 11.8 Å². The van der Waals surface area contributed by atoms with E-state index >= 15 is 0 Å². The number of rotatable bonds is 4. The Labute approximate surface area is 84.7 Å². The molecular formula is C11H23OP. The third-order valence-corrected chi connectivity index (χ3v) is 3.25. The predicted molar refractivity (Wildman–Crippen MR) is 62.6 cm³/mol. The monoisotopic (exact) mass is 202 g/mol. The molecule has 0 saturated carbocycles. The molecule has 0 aliphatic heterocycles. The van der Waals surface area contributed by atoms with Crippen LogP contribution in [0.3, 0.4) is 0 Å². The van der Waals surface area contributed by atoms with Gasteiger partial charge in [-0.15, -0.1) is 0 Å². The van der Waals surface area contributed by atoms with Gasteiger partial charge in [0.2, 0.25) is 0 Å². The molecular weight excluding hydrogens is 179 g/mol. The third-order valence-electron chi connectivity index (χ3n) is 1.52. The fraction of sp³-hybridized carbons (Fsp3) is 0.818. The lowest BCUT2D eigenvalue weighted by Crippen LogP contribution is -2.07. The van der Waals surface area contributed by atoms with Gasteiger partial charge in [0.05, 0.1) is 12.9 Å². The lowest BCUT2D eigenvalue weighted by atomic mass is 10.2. The van der Waals surface area contributed by atoms with Crippen LogP contribution in [0.5, 0.6) is 0 Å². The van der Waals surface area contributed by atoms with Crippen LogP contribution in [-0.2, 0) is 4.74 Å². The molecule has 0 aromatic rings. The van der Waals surface area contributed by atoms with E-state index in [9.17, 15) is 0 Å². The van der Waals surface area contributed by atoms with Gasteiger partial charge in [0, 0.05) is 0 Å². The molecule has 0 aromatic carbocycles. The molecule has 0 heterocycles. The van der Waals surface area contributed by atoms with Crippen LogP contribution in [0.4, 0.5) is 0 Å². The van der Waals surface area contributed by atoms with E-state index in [0.717, 1.165) is 15.2 Å². The van der Waals surface area contributed by atoms with Gasteiger partial charge in [-0.1, -0.05) is 43.2 Å². The summed E-state index contributed by atoms with van der Waals surface area (Å²) in [6.45, 7) is 14.1.